The Balaban J connectivity index is 1.39. The molecule has 150 valence electrons. The average Bonchev–Trinajstić information content (AvgIpc) is 3.18. The molecule has 1 N–H and O–H groups in total. The minimum atomic E-state index is 0.657. The van der Waals surface area contributed by atoms with E-state index in [-0.39, 0.29) is 0 Å². The second-order valence-electron chi connectivity index (χ2n) is 7.43. The van der Waals surface area contributed by atoms with E-state index in [0.717, 1.165) is 91.2 Å². The molecule has 3 aliphatic rings. The Kier molecular flexibility index (Phi) is 8.45. The summed E-state index contributed by atoms with van der Waals surface area (Å²) in [7, 11) is 0. The highest BCUT2D eigenvalue weighted by molar-refractivity contribution is 5.80. The number of unbranched alkanes of at least 4 members (excludes halogenated alkanes) is 1. The number of guanidine groups is 1. The molecular weight excluding hydrogens is 330 g/mol. The summed E-state index contributed by atoms with van der Waals surface area (Å²) >= 11 is 0. The minimum Gasteiger partial charge on any atom is -0.379 e. The van der Waals surface area contributed by atoms with Gasteiger partial charge in [0.1, 0.15) is 0 Å². The molecular formula is C19H37N5O2. The lowest BCUT2D eigenvalue weighted by Crippen LogP contribution is -2.46. The fraction of sp³-hybridized carbons (Fsp3) is 0.947. The highest BCUT2D eigenvalue weighted by atomic mass is 16.5. The molecule has 0 aromatic heterocycles. The summed E-state index contributed by atoms with van der Waals surface area (Å²) in [5.41, 5.74) is 0. The van der Waals surface area contributed by atoms with Crippen molar-refractivity contribution in [1.29, 1.82) is 0 Å². The van der Waals surface area contributed by atoms with Gasteiger partial charge in [-0.3, -0.25) is 14.8 Å². The van der Waals surface area contributed by atoms with E-state index in [1.807, 2.05) is 0 Å². The van der Waals surface area contributed by atoms with Gasteiger partial charge in [-0.25, -0.2) is 0 Å². The summed E-state index contributed by atoms with van der Waals surface area (Å²) in [6.45, 7) is 15.3. The van der Waals surface area contributed by atoms with E-state index < -0.39 is 0 Å². The second kappa shape index (κ2) is 11.1. The van der Waals surface area contributed by atoms with Gasteiger partial charge >= 0.3 is 0 Å². The summed E-state index contributed by atoms with van der Waals surface area (Å²) in [4.78, 5) is 12.5. The number of aliphatic imine (C=N–C) groups is 1. The predicted octanol–water partition coefficient (Wildman–Crippen LogP) is 0.471. The summed E-state index contributed by atoms with van der Waals surface area (Å²) in [5.74, 6) is 1.11. The van der Waals surface area contributed by atoms with Crippen molar-refractivity contribution in [3.63, 3.8) is 0 Å². The van der Waals surface area contributed by atoms with Crippen molar-refractivity contribution in [2.75, 3.05) is 85.3 Å². The van der Waals surface area contributed by atoms with Crippen LogP contribution in [0.2, 0.25) is 0 Å². The molecule has 0 saturated carbocycles. The summed E-state index contributed by atoms with van der Waals surface area (Å²) in [5, 5.41) is 3.49. The van der Waals surface area contributed by atoms with Crippen LogP contribution in [0, 0.1) is 0 Å². The molecule has 0 radical (unpaired) electrons. The number of hydrogen-bond acceptors (Lipinski definition) is 5. The van der Waals surface area contributed by atoms with Gasteiger partial charge < -0.3 is 19.7 Å². The van der Waals surface area contributed by atoms with Crippen LogP contribution >= 0.6 is 0 Å². The maximum atomic E-state index is 5.49. The fourth-order valence-electron chi connectivity index (χ4n) is 4.06. The van der Waals surface area contributed by atoms with E-state index in [9.17, 15) is 0 Å². The molecule has 3 heterocycles. The van der Waals surface area contributed by atoms with Crippen molar-refractivity contribution in [3.05, 3.63) is 0 Å². The van der Waals surface area contributed by atoms with E-state index in [1.54, 1.807) is 0 Å². The van der Waals surface area contributed by atoms with E-state index in [1.165, 1.54) is 19.4 Å². The van der Waals surface area contributed by atoms with Gasteiger partial charge in [0.15, 0.2) is 5.96 Å². The third-order valence-corrected chi connectivity index (χ3v) is 5.61. The molecule has 3 fully saturated rings. The van der Waals surface area contributed by atoms with Crippen LogP contribution in [0.25, 0.3) is 0 Å². The lowest BCUT2D eigenvalue weighted by atomic mass is 10.2. The zero-order valence-corrected chi connectivity index (χ0v) is 16.5. The van der Waals surface area contributed by atoms with Crippen LogP contribution in [0.15, 0.2) is 4.99 Å². The van der Waals surface area contributed by atoms with Crippen LogP contribution in [-0.4, -0.2) is 112 Å². The average molecular weight is 368 g/mol. The van der Waals surface area contributed by atoms with Crippen molar-refractivity contribution < 1.29 is 9.47 Å². The van der Waals surface area contributed by atoms with E-state index in [4.69, 9.17) is 14.5 Å². The normalized spacial score (nSPS) is 26.4. The lowest BCUT2D eigenvalue weighted by Gasteiger charge is -2.32. The number of hydrogen-bond donors (Lipinski definition) is 1. The summed E-state index contributed by atoms with van der Waals surface area (Å²) < 4.78 is 10.9. The van der Waals surface area contributed by atoms with Crippen LogP contribution in [-0.2, 0) is 9.47 Å². The van der Waals surface area contributed by atoms with Crippen LogP contribution in [0.4, 0.5) is 0 Å². The Bertz CT molecular complexity index is 422. The van der Waals surface area contributed by atoms with E-state index in [0.29, 0.717) is 6.04 Å². The maximum Gasteiger partial charge on any atom is 0.193 e. The number of ether oxygens (including phenoxy) is 2. The first-order valence-corrected chi connectivity index (χ1v) is 10.5. The quantitative estimate of drug-likeness (QED) is 0.401. The predicted molar refractivity (Wildman–Crippen MR) is 105 cm³/mol. The zero-order chi connectivity index (χ0) is 18.0. The molecule has 0 aromatic rings. The van der Waals surface area contributed by atoms with Gasteiger partial charge in [-0.05, 0) is 32.7 Å². The zero-order valence-electron chi connectivity index (χ0n) is 16.5. The molecule has 26 heavy (non-hydrogen) atoms. The first-order valence-electron chi connectivity index (χ1n) is 10.5. The summed E-state index contributed by atoms with van der Waals surface area (Å²) in [6, 6.07) is 0.657. The number of nitrogens with one attached hydrogen (secondary N) is 1. The topological polar surface area (TPSA) is 52.6 Å². The molecule has 3 rings (SSSR count). The SMILES string of the molecule is CCNC(=NCCCCN1CCOCC1)N1CCC(N2CCOCC2)C1. The Hall–Kier alpha value is -0.890. The molecule has 1 unspecified atom stereocenters. The first kappa shape index (κ1) is 19.9. The monoisotopic (exact) mass is 367 g/mol. The van der Waals surface area contributed by atoms with Crippen molar-refractivity contribution in [1.82, 2.24) is 20.0 Å². The molecule has 0 amide bonds. The second-order valence-corrected chi connectivity index (χ2v) is 7.43. The standard InChI is InChI=1S/C19H37N5O2/c1-2-20-19(21-6-3-4-7-22-9-13-25-14-10-22)24-8-5-18(17-24)23-11-15-26-16-12-23/h18H,2-17H2,1H3,(H,20,21). The van der Waals surface area contributed by atoms with Crippen LogP contribution < -0.4 is 5.32 Å². The van der Waals surface area contributed by atoms with Gasteiger partial charge in [0.25, 0.3) is 0 Å². The summed E-state index contributed by atoms with van der Waals surface area (Å²) in [6.07, 6.45) is 3.62. The molecule has 7 nitrogen and oxygen atoms in total. The van der Waals surface area contributed by atoms with Gasteiger partial charge in [0.05, 0.1) is 26.4 Å². The fourth-order valence-corrected chi connectivity index (χ4v) is 4.06. The van der Waals surface area contributed by atoms with Gasteiger partial charge in [0.2, 0.25) is 0 Å². The number of likely N-dealkylation sites (tertiary alicyclic amines) is 1. The molecule has 3 aliphatic heterocycles. The minimum absolute atomic E-state index is 0.657. The van der Waals surface area contributed by atoms with E-state index >= 15 is 0 Å². The molecule has 0 bridgehead atoms. The van der Waals surface area contributed by atoms with Crippen molar-refractivity contribution in [2.45, 2.75) is 32.2 Å². The van der Waals surface area contributed by atoms with Crippen LogP contribution in [0.3, 0.4) is 0 Å². The largest absolute Gasteiger partial charge is 0.379 e. The van der Waals surface area contributed by atoms with Gasteiger partial charge in [-0.2, -0.15) is 0 Å². The number of nitrogens with zero attached hydrogens (tertiary/aromatic N) is 4. The number of rotatable bonds is 7. The van der Waals surface area contributed by atoms with Crippen molar-refractivity contribution >= 4 is 5.96 Å². The maximum absolute atomic E-state index is 5.49. The Morgan fingerprint density at radius 1 is 1.00 bits per heavy atom. The molecule has 0 aliphatic carbocycles. The van der Waals surface area contributed by atoms with E-state index in [2.05, 4.69) is 26.9 Å². The smallest absolute Gasteiger partial charge is 0.193 e. The highest BCUT2D eigenvalue weighted by Crippen LogP contribution is 2.17. The van der Waals surface area contributed by atoms with Crippen LogP contribution in [0.5, 0.6) is 0 Å². The molecule has 7 heteroatoms. The Morgan fingerprint density at radius 2 is 1.73 bits per heavy atom. The molecule has 3 saturated heterocycles. The van der Waals surface area contributed by atoms with Gasteiger partial charge in [-0.15, -0.1) is 0 Å². The third kappa shape index (κ3) is 6.08. The first-order chi connectivity index (χ1) is 12.9. The molecule has 0 aromatic carbocycles. The van der Waals surface area contributed by atoms with Crippen molar-refractivity contribution in [3.8, 4) is 0 Å². The van der Waals surface area contributed by atoms with Crippen molar-refractivity contribution in [2.24, 2.45) is 4.99 Å². The third-order valence-electron chi connectivity index (χ3n) is 5.61. The molecule has 1 atom stereocenters. The Morgan fingerprint density at radius 3 is 2.46 bits per heavy atom. The Labute approximate surface area is 158 Å². The highest BCUT2D eigenvalue weighted by Gasteiger charge is 2.30. The van der Waals surface area contributed by atoms with Gasteiger partial charge in [-0.1, -0.05) is 0 Å². The molecule has 0 spiro atoms. The lowest BCUT2D eigenvalue weighted by molar-refractivity contribution is 0.0195. The van der Waals surface area contributed by atoms with Gasteiger partial charge in [0, 0.05) is 58.4 Å². The van der Waals surface area contributed by atoms with Crippen LogP contribution in [0.1, 0.15) is 26.2 Å². The number of morpholine rings is 2.